The number of methoxy groups -OCH3 is 1. The third kappa shape index (κ3) is 4.71. The molecular formula is C15H23NO2S. The number of aliphatic hydroxyl groups excluding tert-OH is 1. The molecule has 2 N–H and O–H groups in total. The van der Waals surface area contributed by atoms with Crippen molar-refractivity contribution in [2.75, 3.05) is 26.0 Å². The minimum atomic E-state index is -0.469. The largest absolute Gasteiger partial charge is 0.497 e. The van der Waals surface area contributed by atoms with Gasteiger partial charge in [-0.2, -0.15) is 11.8 Å². The van der Waals surface area contributed by atoms with Gasteiger partial charge in [0.1, 0.15) is 5.75 Å². The van der Waals surface area contributed by atoms with Gasteiger partial charge in [0.05, 0.1) is 13.2 Å². The van der Waals surface area contributed by atoms with Crippen molar-refractivity contribution in [1.29, 1.82) is 0 Å². The van der Waals surface area contributed by atoms with Crippen LogP contribution in [-0.2, 0) is 0 Å². The molecule has 2 unspecified atom stereocenters. The van der Waals surface area contributed by atoms with Crippen LogP contribution in [0, 0.1) is 0 Å². The lowest BCUT2D eigenvalue weighted by molar-refractivity contribution is 0.174. The molecule has 0 saturated carbocycles. The Morgan fingerprint density at radius 2 is 2.37 bits per heavy atom. The van der Waals surface area contributed by atoms with E-state index < -0.39 is 6.10 Å². The van der Waals surface area contributed by atoms with Crippen LogP contribution in [0.25, 0.3) is 0 Å². The van der Waals surface area contributed by atoms with Crippen LogP contribution in [0.15, 0.2) is 24.3 Å². The highest BCUT2D eigenvalue weighted by Crippen LogP contribution is 2.24. The molecule has 1 aromatic carbocycles. The maximum Gasteiger partial charge on any atom is 0.119 e. The maximum absolute atomic E-state index is 10.1. The molecule has 1 fully saturated rings. The van der Waals surface area contributed by atoms with Gasteiger partial charge in [-0.3, -0.25) is 0 Å². The van der Waals surface area contributed by atoms with Crippen molar-refractivity contribution in [3.63, 3.8) is 0 Å². The Hall–Kier alpha value is -0.710. The first-order chi connectivity index (χ1) is 9.29. The van der Waals surface area contributed by atoms with Crippen molar-refractivity contribution in [2.45, 2.75) is 30.6 Å². The van der Waals surface area contributed by atoms with Gasteiger partial charge in [-0.05, 0) is 36.3 Å². The number of ether oxygens (including phenoxy) is 1. The lowest BCUT2D eigenvalue weighted by atomic mass is 10.1. The fourth-order valence-electron chi connectivity index (χ4n) is 2.32. The Morgan fingerprint density at radius 3 is 3.11 bits per heavy atom. The molecule has 1 aromatic rings. The summed E-state index contributed by atoms with van der Waals surface area (Å²) in [5.74, 6) is 2.07. The smallest absolute Gasteiger partial charge is 0.119 e. The molecule has 1 heterocycles. The number of thioether (sulfide) groups is 1. The van der Waals surface area contributed by atoms with E-state index in [2.05, 4.69) is 17.1 Å². The molecule has 0 spiro atoms. The minimum absolute atomic E-state index is 0.469. The first-order valence-corrected chi connectivity index (χ1v) is 7.99. The molecule has 4 heteroatoms. The summed E-state index contributed by atoms with van der Waals surface area (Å²) < 4.78 is 5.17. The van der Waals surface area contributed by atoms with Crippen molar-refractivity contribution in [3.8, 4) is 5.75 Å². The molecule has 3 nitrogen and oxygen atoms in total. The molecular weight excluding hydrogens is 258 g/mol. The summed E-state index contributed by atoms with van der Waals surface area (Å²) in [5.41, 5.74) is 0.906. The molecule has 1 saturated heterocycles. The van der Waals surface area contributed by atoms with Gasteiger partial charge in [0.25, 0.3) is 0 Å². The lowest BCUT2D eigenvalue weighted by Crippen LogP contribution is -2.30. The van der Waals surface area contributed by atoms with E-state index in [1.807, 2.05) is 24.3 Å². The van der Waals surface area contributed by atoms with Gasteiger partial charge >= 0.3 is 0 Å². The van der Waals surface area contributed by atoms with Gasteiger partial charge in [0.2, 0.25) is 0 Å². The molecule has 2 rings (SSSR count). The quantitative estimate of drug-likeness (QED) is 0.841. The van der Waals surface area contributed by atoms with Crippen molar-refractivity contribution >= 4 is 11.8 Å². The minimum Gasteiger partial charge on any atom is -0.497 e. The Bertz CT molecular complexity index is 380. The van der Waals surface area contributed by atoms with Gasteiger partial charge in [0, 0.05) is 18.3 Å². The number of rotatable bonds is 6. The van der Waals surface area contributed by atoms with Crippen LogP contribution in [0.2, 0.25) is 0 Å². The highest BCUT2D eigenvalue weighted by Gasteiger charge is 2.14. The SMILES string of the molecule is COc1cccc(C(O)CNCC2CCCCS2)c1. The molecule has 0 aromatic heterocycles. The Balaban J connectivity index is 1.75. The number of nitrogens with one attached hydrogen (secondary N) is 1. The van der Waals surface area contributed by atoms with Crippen LogP contribution < -0.4 is 10.1 Å². The second kappa shape index (κ2) is 7.78. The zero-order valence-corrected chi connectivity index (χ0v) is 12.3. The van der Waals surface area contributed by atoms with Crippen LogP contribution in [-0.4, -0.2) is 36.3 Å². The van der Waals surface area contributed by atoms with E-state index in [-0.39, 0.29) is 0 Å². The number of hydrogen-bond donors (Lipinski definition) is 2. The fourth-order valence-corrected chi connectivity index (χ4v) is 3.59. The molecule has 2 atom stereocenters. The lowest BCUT2D eigenvalue weighted by Gasteiger charge is -2.22. The van der Waals surface area contributed by atoms with Crippen LogP contribution >= 0.6 is 11.8 Å². The molecule has 19 heavy (non-hydrogen) atoms. The maximum atomic E-state index is 10.1. The van der Waals surface area contributed by atoms with E-state index in [1.54, 1.807) is 7.11 Å². The summed E-state index contributed by atoms with van der Waals surface area (Å²) in [5, 5.41) is 14.2. The van der Waals surface area contributed by atoms with Crippen molar-refractivity contribution in [2.24, 2.45) is 0 Å². The fraction of sp³-hybridized carbons (Fsp3) is 0.600. The second-order valence-electron chi connectivity index (χ2n) is 4.94. The predicted molar refractivity (Wildman–Crippen MR) is 80.9 cm³/mol. The van der Waals surface area contributed by atoms with E-state index >= 15 is 0 Å². The summed E-state index contributed by atoms with van der Waals surface area (Å²) in [6.07, 6.45) is 3.53. The summed E-state index contributed by atoms with van der Waals surface area (Å²) in [4.78, 5) is 0. The Kier molecular flexibility index (Phi) is 6.01. The van der Waals surface area contributed by atoms with E-state index in [0.717, 1.165) is 17.9 Å². The number of hydrogen-bond acceptors (Lipinski definition) is 4. The first-order valence-electron chi connectivity index (χ1n) is 6.94. The third-order valence-corrected chi connectivity index (χ3v) is 4.86. The number of benzene rings is 1. The standard InChI is InChI=1S/C15H23NO2S/c1-18-13-6-4-5-12(9-13)15(17)11-16-10-14-7-2-3-8-19-14/h4-6,9,14-17H,2-3,7-8,10-11H2,1H3. The van der Waals surface area contributed by atoms with Gasteiger partial charge in [-0.1, -0.05) is 18.6 Å². The zero-order chi connectivity index (χ0) is 13.5. The zero-order valence-electron chi connectivity index (χ0n) is 11.5. The summed E-state index contributed by atoms with van der Waals surface area (Å²) >= 11 is 2.05. The van der Waals surface area contributed by atoms with Gasteiger partial charge in [0.15, 0.2) is 0 Å². The van der Waals surface area contributed by atoms with E-state index in [9.17, 15) is 5.11 Å². The monoisotopic (exact) mass is 281 g/mol. The third-order valence-electron chi connectivity index (χ3n) is 3.46. The molecule has 0 aliphatic carbocycles. The first kappa shape index (κ1) is 14.7. The van der Waals surface area contributed by atoms with Crippen LogP contribution in [0.4, 0.5) is 0 Å². The van der Waals surface area contributed by atoms with Gasteiger partial charge in [-0.15, -0.1) is 0 Å². The van der Waals surface area contributed by atoms with Crippen LogP contribution in [0.5, 0.6) is 5.75 Å². The molecule has 0 bridgehead atoms. The van der Waals surface area contributed by atoms with E-state index in [1.165, 1.54) is 25.0 Å². The van der Waals surface area contributed by atoms with Crippen LogP contribution in [0.1, 0.15) is 30.9 Å². The highest BCUT2D eigenvalue weighted by atomic mass is 32.2. The molecule has 106 valence electrons. The summed E-state index contributed by atoms with van der Waals surface area (Å²) in [6, 6.07) is 7.63. The van der Waals surface area contributed by atoms with Crippen molar-refractivity contribution in [1.82, 2.24) is 5.32 Å². The second-order valence-corrected chi connectivity index (χ2v) is 6.35. The van der Waals surface area contributed by atoms with E-state index in [0.29, 0.717) is 11.8 Å². The Labute approximate surface area is 119 Å². The topological polar surface area (TPSA) is 41.5 Å². The van der Waals surface area contributed by atoms with Gasteiger partial charge in [-0.25, -0.2) is 0 Å². The normalized spacial score (nSPS) is 21.1. The Morgan fingerprint density at radius 1 is 1.47 bits per heavy atom. The van der Waals surface area contributed by atoms with Crippen LogP contribution in [0.3, 0.4) is 0 Å². The van der Waals surface area contributed by atoms with Crippen molar-refractivity contribution < 1.29 is 9.84 Å². The number of aliphatic hydroxyl groups is 1. The predicted octanol–water partition coefficient (Wildman–Crippen LogP) is 2.60. The van der Waals surface area contributed by atoms with Crippen molar-refractivity contribution in [3.05, 3.63) is 29.8 Å². The summed E-state index contributed by atoms with van der Waals surface area (Å²) in [6.45, 7) is 1.59. The average Bonchev–Trinajstić information content (AvgIpc) is 2.48. The molecule has 1 aliphatic heterocycles. The van der Waals surface area contributed by atoms with Gasteiger partial charge < -0.3 is 15.2 Å². The molecule has 0 radical (unpaired) electrons. The molecule has 0 amide bonds. The van der Waals surface area contributed by atoms with E-state index in [4.69, 9.17) is 4.74 Å². The molecule has 1 aliphatic rings. The summed E-state index contributed by atoms with van der Waals surface area (Å²) in [7, 11) is 1.64. The average molecular weight is 281 g/mol. The highest BCUT2D eigenvalue weighted by molar-refractivity contribution is 7.99.